The van der Waals surface area contributed by atoms with E-state index in [-0.39, 0.29) is 35.5 Å². The number of hydrogen-bond acceptors (Lipinski definition) is 4. The van der Waals surface area contributed by atoms with Crippen LogP contribution in [0, 0.1) is 11.7 Å². The van der Waals surface area contributed by atoms with E-state index in [1.165, 1.54) is 12.1 Å². The highest BCUT2D eigenvalue weighted by atomic mass is 19.1. The van der Waals surface area contributed by atoms with Gasteiger partial charge in [-0.05, 0) is 49.1 Å². The minimum Gasteiger partial charge on any atom is -0.350 e. The molecule has 0 spiro atoms. The quantitative estimate of drug-likeness (QED) is 0.364. The number of carbonyl (C=O) groups excluding carboxylic acids is 3. The van der Waals surface area contributed by atoms with E-state index in [1.807, 2.05) is 38.1 Å². The molecule has 2 bridgehead atoms. The van der Waals surface area contributed by atoms with Crippen molar-refractivity contribution in [1.29, 1.82) is 0 Å². The van der Waals surface area contributed by atoms with E-state index in [1.54, 1.807) is 21.9 Å². The van der Waals surface area contributed by atoms with Gasteiger partial charge in [0.2, 0.25) is 5.91 Å². The van der Waals surface area contributed by atoms with Gasteiger partial charge in [0.25, 0.3) is 11.8 Å². The van der Waals surface area contributed by atoms with Gasteiger partial charge in [0, 0.05) is 24.0 Å². The Morgan fingerprint density at radius 1 is 1.03 bits per heavy atom. The number of carbonyl (C=O) groups is 3. The van der Waals surface area contributed by atoms with Crippen LogP contribution in [0.3, 0.4) is 0 Å². The summed E-state index contributed by atoms with van der Waals surface area (Å²) in [5, 5.41) is 3.21. The molecular weight excluding hydrogens is 487 g/mol. The monoisotopic (exact) mass is 516 g/mol. The molecule has 3 amide bonds. The van der Waals surface area contributed by atoms with E-state index in [2.05, 4.69) is 20.3 Å². The van der Waals surface area contributed by atoms with Crippen LogP contribution in [0.1, 0.15) is 47.8 Å². The largest absolute Gasteiger partial charge is 0.350 e. The SMILES string of the molecule is CC(C)C[C@H](NC(=O)c1cc2c(F)cccc2[nH]1)C(=O)N1C[C@@H]2C[C@H]1CN2C(=O)c1nc2ccccc2[nH]1. The maximum atomic E-state index is 14.1. The highest BCUT2D eigenvalue weighted by Crippen LogP contribution is 2.33. The molecule has 3 atom stereocenters. The number of para-hydroxylation sites is 2. The van der Waals surface area contributed by atoms with E-state index in [0.717, 1.165) is 11.0 Å². The average molecular weight is 517 g/mol. The molecule has 0 unspecified atom stereocenters. The van der Waals surface area contributed by atoms with Gasteiger partial charge in [-0.3, -0.25) is 14.4 Å². The Morgan fingerprint density at radius 2 is 1.76 bits per heavy atom. The van der Waals surface area contributed by atoms with Crippen LogP contribution in [-0.2, 0) is 4.79 Å². The molecule has 3 N–H and O–H groups in total. The lowest BCUT2D eigenvalue weighted by Gasteiger charge is -2.36. The van der Waals surface area contributed by atoms with Crippen LogP contribution in [0.15, 0.2) is 48.5 Å². The van der Waals surface area contributed by atoms with Crippen molar-refractivity contribution in [1.82, 2.24) is 30.1 Å². The Morgan fingerprint density at radius 3 is 2.47 bits per heavy atom. The molecule has 9 nitrogen and oxygen atoms in total. The molecule has 4 heterocycles. The summed E-state index contributed by atoms with van der Waals surface area (Å²) in [5.74, 6) is -0.726. The number of aromatic nitrogens is 3. The van der Waals surface area contributed by atoms with Gasteiger partial charge >= 0.3 is 0 Å². The molecule has 0 saturated carbocycles. The number of imidazole rings is 1. The molecule has 2 aromatic carbocycles. The second-order valence-corrected chi connectivity index (χ2v) is 10.6. The molecule has 2 fully saturated rings. The molecule has 6 rings (SSSR count). The zero-order valence-corrected chi connectivity index (χ0v) is 21.2. The summed E-state index contributed by atoms with van der Waals surface area (Å²) >= 11 is 0. The predicted octanol–water partition coefficient (Wildman–Crippen LogP) is 3.45. The first-order valence-corrected chi connectivity index (χ1v) is 12.9. The van der Waals surface area contributed by atoms with Gasteiger partial charge in [-0.15, -0.1) is 0 Å². The minimum absolute atomic E-state index is 0.100. The number of amides is 3. The number of piperazine rings is 1. The molecule has 0 aliphatic carbocycles. The van der Waals surface area contributed by atoms with Crippen molar-refractivity contribution in [2.45, 2.75) is 44.8 Å². The fraction of sp³-hybridized carbons (Fsp3) is 0.357. The van der Waals surface area contributed by atoms with E-state index in [0.29, 0.717) is 42.7 Å². The van der Waals surface area contributed by atoms with E-state index in [9.17, 15) is 18.8 Å². The van der Waals surface area contributed by atoms with Gasteiger partial charge in [0.15, 0.2) is 5.82 Å². The lowest BCUT2D eigenvalue weighted by molar-refractivity contribution is -0.135. The molecule has 4 aromatic rings. The number of nitrogens with one attached hydrogen (secondary N) is 3. The summed E-state index contributed by atoms with van der Waals surface area (Å²) in [6.45, 7) is 4.83. The number of aromatic amines is 2. The number of rotatable bonds is 6. The third-order valence-electron chi connectivity index (χ3n) is 7.54. The maximum absolute atomic E-state index is 14.1. The second-order valence-electron chi connectivity index (χ2n) is 10.6. The summed E-state index contributed by atoms with van der Waals surface area (Å²) in [5.41, 5.74) is 2.27. The Kier molecular flexibility index (Phi) is 5.89. The Bertz CT molecular complexity index is 1530. The molecule has 2 aliphatic rings. The third kappa shape index (κ3) is 4.19. The lowest BCUT2D eigenvalue weighted by atomic mass is 10.0. The van der Waals surface area contributed by atoms with Crippen LogP contribution in [0.5, 0.6) is 0 Å². The first-order chi connectivity index (χ1) is 18.3. The number of nitrogens with zero attached hydrogens (tertiary/aromatic N) is 3. The number of H-pyrrole nitrogens is 2. The topological polar surface area (TPSA) is 114 Å². The van der Waals surface area contributed by atoms with E-state index in [4.69, 9.17) is 0 Å². The lowest BCUT2D eigenvalue weighted by Crippen LogP contribution is -2.56. The number of likely N-dealkylation sites (tertiary alicyclic amines) is 2. The first-order valence-electron chi connectivity index (χ1n) is 12.9. The van der Waals surface area contributed by atoms with Gasteiger partial charge in [0.05, 0.1) is 23.1 Å². The summed E-state index contributed by atoms with van der Waals surface area (Å²) in [6.07, 6.45) is 1.16. The summed E-state index contributed by atoms with van der Waals surface area (Å²) in [7, 11) is 0. The fourth-order valence-electron chi connectivity index (χ4n) is 5.75. The molecule has 10 heteroatoms. The van der Waals surface area contributed by atoms with Crippen molar-refractivity contribution in [3.05, 3.63) is 65.9 Å². The molecule has 2 aliphatic heterocycles. The van der Waals surface area contributed by atoms with Crippen LogP contribution in [0.4, 0.5) is 4.39 Å². The second kappa shape index (κ2) is 9.27. The summed E-state index contributed by atoms with van der Waals surface area (Å²) in [4.78, 5) is 54.0. The third-order valence-corrected chi connectivity index (χ3v) is 7.54. The Labute approximate surface area is 218 Å². The Hall–Kier alpha value is -4.21. The number of fused-ring (bicyclic) bond motifs is 4. The van der Waals surface area contributed by atoms with Crippen LogP contribution >= 0.6 is 0 Å². The van der Waals surface area contributed by atoms with Crippen LogP contribution in [0.2, 0.25) is 0 Å². The molecule has 0 radical (unpaired) electrons. The van der Waals surface area contributed by atoms with E-state index >= 15 is 0 Å². The average Bonchev–Trinajstić information content (AvgIpc) is 3.69. The standard InChI is InChI=1S/C28H29FN6O3/c1-15(2)10-24(33-26(36)23-12-18-19(29)6-5-9-20(18)30-23)27(37)34-13-17-11-16(34)14-35(17)28(38)25-31-21-7-3-4-8-22(21)32-25/h3-9,12,15-17,24,30H,10-11,13-14H2,1-2H3,(H,31,32)(H,33,36)/t16-,17-,24-/m0/s1. The predicted molar refractivity (Wildman–Crippen MR) is 140 cm³/mol. The Balaban J connectivity index is 1.15. The minimum atomic E-state index is -0.724. The smallest absolute Gasteiger partial charge is 0.290 e. The molecule has 38 heavy (non-hydrogen) atoms. The van der Waals surface area contributed by atoms with Gasteiger partial charge in [-0.25, -0.2) is 9.37 Å². The zero-order chi connectivity index (χ0) is 26.6. The van der Waals surface area contributed by atoms with E-state index < -0.39 is 17.8 Å². The van der Waals surface area contributed by atoms with Crippen LogP contribution in [0.25, 0.3) is 21.9 Å². The van der Waals surface area contributed by atoms with Crippen molar-refractivity contribution < 1.29 is 18.8 Å². The fourth-order valence-corrected chi connectivity index (χ4v) is 5.75. The zero-order valence-electron chi connectivity index (χ0n) is 21.2. The molecule has 2 saturated heterocycles. The van der Waals surface area contributed by atoms with Crippen molar-refractivity contribution in [3.8, 4) is 0 Å². The normalized spacial score (nSPS) is 19.6. The van der Waals surface area contributed by atoms with Crippen molar-refractivity contribution >= 4 is 39.7 Å². The molecular formula is C28H29FN6O3. The number of hydrogen-bond donors (Lipinski definition) is 3. The first kappa shape index (κ1) is 24.1. The molecule has 196 valence electrons. The van der Waals surface area contributed by atoms with Gasteiger partial charge in [0.1, 0.15) is 17.6 Å². The summed E-state index contributed by atoms with van der Waals surface area (Å²) < 4.78 is 14.1. The van der Waals surface area contributed by atoms with Crippen LogP contribution < -0.4 is 5.32 Å². The van der Waals surface area contributed by atoms with Gasteiger partial charge < -0.3 is 25.1 Å². The van der Waals surface area contributed by atoms with Crippen molar-refractivity contribution in [2.75, 3.05) is 13.1 Å². The summed E-state index contributed by atoms with van der Waals surface area (Å²) in [6, 6.07) is 12.6. The molecule has 2 aromatic heterocycles. The van der Waals surface area contributed by atoms with Crippen molar-refractivity contribution in [2.24, 2.45) is 5.92 Å². The van der Waals surface area contributed by atoms with Gasteiger partial charge in [-0.1, -0.05) is 32.0 Å². The highest BCUT2D eigenvalue weighted by Gasteiger charge is 2.48. The van der Waals surface area contributed by atoms with Crippen molar-refractivity contribution in [3.63, 3.8) is 0 Å². The number of halogens is 1. The van der Waals surface area contributed by atoms with Gasteiger partial charge in [-0.2, -0.15) is 0 Å². The maximum Gasteiger partial charge on any atom is 0.290 e. The van der Waals surface area contributed by atoms with Crippen LogP contribution in [-0.4, -0.2) is 73.7 Å². The highest BCUT2D eigenvalue weighted by molar-refractivity contribution is 6.00. The number of benzene rings is 2.